The molecule has 0 radical (unpaired) electrons. The van der Waals surface area contributed by atoms with Crippen molar-refractivity contribution in [3.63, 3.8) is 0 Å². The Labute approximate surface area is 149 Å². The highest BCUT2D eigenvalue weighted by Gasteiger charge is 2.14. The largest absolute Gasteiger partial charge is 0.504 e. The average Bonchev–Trinajstić information content (AvgIpc) is 3.14. The molecule has 0 aliphatic heterocycles. The van der Waals surface area contributed by atoms with Gasteiger partial charge in [0.25, 0.3) is 0 Å². The number of imidazole rings is 1. The number of phenols is 1. The first-order valence-electron chi connectivity index (χ1n) is 8.43. The molecule has 0 saturated heterocycles. The van der Waals surface area contributed by atoms with Crippen molar-refractivity contribution in [2.24, 2.45) is 0 Å². The van der Waals surface area contributed by atoms with E-state index in [4.69, 9.17) is 9.72 Å². The number of H-pyrrole nitrogens is 1. The van der Waals surface area contributed by atoms with Crippen molar-refractivity contribution >= 4 is 32.6 Å². The molecule has 0 saturated carbocycles. The van der Waals surface area contributed by atoms with Crippen LogP contribution in [0.3, 0.4) is 0 Å². The number of benzene rings is 4. The summed E-state index contributed by atoms with van der Waals surface area (Å²) in [6.45, 7) is 0. The molecule has 0 aliphatic rings. The topological polar surface area (TPSA) is 58.1 Å². The van der Waals surface area contributed by atoms with E-state index in [1.54, 1.807) is 12.1 Å². The van der Waals surface area contributed by atoms with E-state index in [1.165, 1.54) is 17.9 Å². The van der Waals surface area contributed by atoms with Crippen molar-refractivity contribution in [1.29, 1.82) is 0 Å². The van der Waals surface area contributed by atoms with Crippen molar-refractivity contribution < 1.29 is 9.84 Å². The number of nitrogens with zero attached hydrogens (tertiary/aromatic N) is 1. The van der Waals surface area contributed by atoms with Gasteiger partial charge in [-0.3, -0.25) is 0 Å². The van der Waals surface area contributed by atoms with Crippen molar-refractivity contribution in [1.82, 2.24) is 9.97 Å². The van der Waals surface area contributed by atoms with E-state index in [0.29, 0.717) is 5.75 Å². The number of aromatic hydroxyl groups is 1. The molecule has 0 unspecified atom stereocenters. The lowest BCUT2D eigenvalue weighted by atomic mass is 10.0. The number of nitrogens with one attached hydrogen (secondary N) is 1. The third-order valence-electron chi connectivity index (χ3n) is 4.82. The zero-order valence-corrected chi connectivity index (χ0v) is 14.2. The van der Waals surface area contributed by atoms with E-state index in [-0.39, 0.29) is 5.75 Å². The number of aromatic amines is 1. The monoisotopic (exact) mass is 340 g/mol. The zero-order chi connectivity index (χ0) is 17.7. The van der Waals surface area contributed by atoms with E-state index in [2.05, 4.69) is 41.4 Å². The summed E-state index contributed by atoms with van der Waals surface area (Å²) in [6, 6.07) is 21.9. The number of methoxy groups -OCH3 is 1. The van der Waals surface area contributed by atoms with Gasteiger partial charge in [0.15, 0.2) is 11.5 Å². The molecule has 0 spiro atoms. The maximum atomic E-state index is 10.1. The molecular weight excluding hydrogens is 324 g/mol. The van der Waals surface area contributed by atoms with Crippen LogP contribution in [-0.2, 0) is 0 Å². The van der Waals surface area contributed by atoms with Gasteiger partial charge >= 0.3 is 0 Å². The summed E-state index contributed by atoms with van der Waals surface area (Å²) in [7, 11) is 1.54. The molecule has 1 aromatic heterocycles. The Bertz CT molecular complexity index is 1220. The molecule has 2 N–H and O–H groups in total. The Kier molecular flexibility index (Phi) is 3.12. The van der Waals surface area contributed by atoms with Crippen LogP contribution in [0.15, 0.2) is 66.7 Å². The normalized spacial score (nSPS) is 11.4. The maximum Gasteiger partial charge on any atom is 0.160 e. The van der Waals surface area contributed by atoms with Crippen LogP contribution >= 0.6 is 0 Å². The van der Waals surface area contributed by atoms with E-state index in [9.17, 15) is 5.11 Å². The third-order valence-corrected chi connectivity index (χ3v) is 4.82. The average molecular weight is 340 g/mol. The second-order valence-corrected chi connectivity index (χ2v) is 6.29. The van der Waals surface area contributed by atoms with E-state index < -0.39 is 0 Å². The summed E-state index contributed by atoms with van der Waals surface area (Å²) >= 11 is 0. The summed E-state index contributed by atoms with van der Waals surface area (Å²) in [6.07, 6.45) is 0. The van der Waals surface area contributed by atoms with Gasteiger partial charge in [0, 0.05) is 16.3 Å². The van der Waals surface area contributed by atoms with Crippen molar-refractivity contribution in [2.45, 2.75) is 0 Å². The van der Waals surface area contributed by atoms with Crippen molar-refractivity contribution in [3.8, 4) is 22.9 Å². The molecular formula is C22H16N2O2. The van der Waals surface area contributed by atoms with Crippen LogP contribution in [0.5, 0.6) is 11.5 Å². The minimum atomic E-state index is 0.0974. The highest BCUT2D eigenvalue weighted by Crippen LogP contribution is 2.36. The number of rotatable bonds is 2. The predicted octanol–water partition coefficient (Wildman–Crippen LogP) is 5.25. The minimum absolute atomic E-state index is 0.0974. The SMILES string of the molecule is COc1ccc(-c2nc3c4ccccc4c4ccccc4c3[nH]2)cc1O. The van der Waals surface area contributed by atoms with Gasteiger partial charge in [-0.25, -0.2) is 4.98 Å². The Balaban J connectivity index is 1.86. The van der Waals surface area contributed by atoms with Gasteiger partial charge in [0.2, 0.25) is 0 Å². The summed E-state index contributed by atoms with van der Waals surface area (Å²) in [5.41, 5.74) is 2.75. The van der Waals surface area contributed by atoms with E-state index >= 15 is 0 Å². The number of ether oxygens (including phenoxy) is 1. The van der Waals surface area contributed by atoms with Gasteiger partial charge in [0.05, 0.1) is 18.1 Å². The Morgan fingerprint density at radius 1 is 0.846 bits per heavy atom. The lowest BCUT2D eigenvalue weighted by Crippen LogP contribution is -1.85. The molecule has 1 heterocycles. The van der Waals surface area contributed by atoms with Crippen LogP contribution in [0.1, 0.15) is 0 Å². The van der Waals surface area contributed by atoms with Gasteiger partial charge in [-0.2, -0.15) is 0 Å². The van der Waals surface area contributed by atoms with Gasteiger partial charge in [-0.1, -0.05) is 48.5 Å². The molecule has 26 heavy (non-hydrogen) atoms. The Hall–Kier alpha value is -3.53. The standard InChI is InChI=1S/C22H16N2O2/c1-26-19-11-10-13(12-18(19)25)22-23-20-16-8-4-2-6-14(16)15-7-3-5-9-17(15)21(20)24-22/h2-12,25H,1H3,(H,23,24). The van der Waals surface area contributed by atoms with Gasteiger partial charge in [-0.05, 0) is 29.0 Å². The molecule has 5 rings (SSSR count). The summed E-state index contributed by atoms with van der Waals surface area (Å²) in [5.74, 6) is 1.26. The number of hydrogen-bond acceptors (Lipinski definition) is 3. The predicted molar refractivity (Wildman–Crippen MR) is 105 cm³/mol. The number of aromatic nitrogens is 2. The van der Waals surface area contributed by atoms with Crippen LogP contribution in [0.4, 0.5) is 0 Å². The minimum Gasteiger partial charge on any atom is -0.504 e. The van der Waals surface area contributed by atoms with Crippen LogP contribution in [-0.4, -0.2) is 22.2 Å². The summed E-state index contributed by atoms with van der Waals surface area (Å²) in [4.78, 5) is 8.30. The fraction of sp³-hybridized carbons (Fsp3) is 0.0455. The third kappa shape index (κ3) is 2.05. The molecule has 4 aromatic carbocycles. The fourth-order valence-corrected chi connectivity index (χ4v) is 3.60. The quantitative estimate of drug-likeness (QED) is 0.431. The lowest BCUT2D eigenvalue weighted by Gasteiger charge is -2.05. The van der Waals surface area contributed by atoms with Crippen molar-refractivity contribution in [2.75, 3.05) is 7.11 Å². The summed E-state index contributed by atoms with van der Waals surface area (Å²) in [5, 5.41) is 14.7. The highest BCUT2D eigenvalue weighted by atomic mass is 16.5. The zero-order valence-electron chi connectivity index (χ0n) is 14.2. The first-order chi connectivity index (χ1) is 12.8. The molecule has 4 heteroatoms. The van der Waals surface area contributed by atoms with Gasteiger partial charge in [0.1, 0.15) is 5.82 Å². The molecule has 0 bridgehead atoms. The van der Waals surface area contributed by atoms with Gasteiger partial charge < -0.3 is 14.8 Å². The second-order valence-electron chi connectivity index (χ2n) is 6.29. The number of hydrogen-bond donors (Lipinski definition) is 2. The lowest BCUT2D eigenvalue weighted by molar-refractivity contribution is 0.373. The first-order valence-corrected chi connectivity index (χ1v) is 8.43. The smallest absolute Gasteiger partial charge is 0.160 e. The molecule has 0 fully saturated rings. The Morgan fingerprint density at radius 2 is 1.50 bits per heavy atom. The van der Waals surface area contributed by atoms with Crippen molar-refractivity contribution in [3.05, 3.63) is 66.7 Å². The highest BCUT2D eigenvalue weighted by molar-refractivity contribution is 6.23. The molecule has 0 amide bonds. The number of fused-ring (bicyclic) bond motifs is 6. The molecule has 5 aromatic rings. The molecule has 4 nitrogen and oxygen atoms in total. The van der Waals surface area contributed by atoms with Gasteiger partial charge in [-0.15, -0.1) is 0 Å². The molecule has 0 atom stereocenters. The Morgan fingerprint density at radius 3 is 2.19 bits per heavy atom. The number of phenolic OH excluding ortho intramolecular Hbond substituents is 1. The first kappa shape index (κ1) is 14.8. The van der Waals surface area contributed by atoms with Crippen LogP contribution < -0.4 is 4.74 Å². The van der Waals surface area contributed by atoms with E-state index in [0.717, 1.165) is 33.2 Å². The molecule has 0 aliphatic carbocycles. The van der Waals surface area contributed by atoms with E-state index in [1.807, 2.05) is 18.2 Å². The molecule has 126 valence electrons. The van der Waals surface area contributed by atoms with Crippen LogP contribution in [0, 0.1) is 0 Å². The van der Waals surface area contributed by atoms with Crippen LogP contribution in [0.2, 0.25) is 0 Å². The van der Waals surface area contributed by atoms with Crippen LogP contribution in [0.25, 0.3) is 44.0 Å². The summed E-state index contributed by atoms with van der Waals surface area (Å²) < 4.78 is 5.13. The second kappa shape index (κ2) is 5.49. The maximum absolute atomic E-state index is 10.1. The fourth-order valence-electron chi connectivity index (χ4n) is 3.60.